The molecule has 0 radical (unpaired) electrons. The summed E-state index contributed by atoms with van der Waals surface area (Å²) in [6.07, 6.45) is 15.8. The van der Waals surface area contributed by atoms with Crippen molar-refractivity contribution in [2.45, 2.75) is 6.42 Å². The molecule has 0 spiro atoms. The summed E-state index contributed by atoms with van der Waals surface area (Å²) in [5.41, 5.74) is 9.68. The van der Waals surface area contributed by atoms with E-state index in [9.17, 15) is 5.11 Å². The smallest absolute Gasteiger partial charge is 0.0687 e. The highest BCUT2D eigenvalue weighted by molar-refractivity contribution is 8.06. The lowest BCUT2D eigenvalue weighted by Gasteiger charge is -2.32. The highest BCUT2D eigenvalue weighted by atomic mass is 32.2. The van der Waals surface area contributed by atoms with Gasteiger partial charge in [0.25, 0.3) is 0 Å². The van der Waals surface area contributed by atoms with Gasteiger partial charge in [-0.3, -0.25) is 5.01 Å². The lowest BCUT2D eigenvalue weighted by molar-refractivity contribution is 0.200. The normalized spacial score (nSPS) is 22.4. The third-order valence-electron chi connectivity index (χ3n) is 3.98. The summed E-state index contributed by atoms with van der Waals surface area (Å²) in [6, 6.07) is 0. The maximum absolute atomic E-state index is 9.32. The standard InChI is InChI=1S/C17H16N2OS/c20-9-8-19-16-12(6-7-18-19)3-1-5-14-15(16)11-13-4-2-10-21-17(13)14/h1-7,10,18,20H,8-9,11H2. The second-order valence-electron chi connectivity index (χ2n) is 5.20. The summed E-state index contributed by atoms with van der Waals surface area (Å²) in [4.78, 5) is 1.37. The van der Waals surface area contributed by atoms with Crippen molar-refractivity contribution in [1.29, 1.82) is 0 Å². The van der Waals surface area contributed by atoms with E-state index in [1.807, 2.05) is 11.2 Å². The first kappa shape index (κ1) is 12.8. The van der Waals surface area contributed by atoms with Crippen molar-refractivity contribution in [3.05, 3.63) is 81.0 Å². The third kappa shape index (κ3) is 2.03. The molecule has 0 saturated carbocycles. The van der Waals surface area contributed by atoms with Gasteiger partial charge in [-0.15, -0.1) is 0 Å². The summed E-state index contributed by atoms with van der Waals surface area (Å²) < 4.78 is 0. The van der Waals surface area contributed by atoms with E-state index >= 15 is 0 Å². The van der Waals surface area contributed by atoms with Gasteiger partial charge < -0.3 is 10.5 Å². The van der Waals surface area contributed by atoms with Crippen LogP contribution in [0.2, 0.25) is 0 Å². The first-order valence-corrected chi connectivity index (χ1v) is 7.97. The van der Waals surface area contributed by atoms with Gasteiger partial charge >= 0.3 is 0 Å². The number of β-amino-alcohol motifs (C(OH)–C–C–N with tert-alkyl or cyclic N) is 1. The van der Waals surface area contributed by atoms with Crippen molar-refractivity contribution >= 4 is 11.8 Å². The van der Waals surface area contributed by atoms with Crippen LogP contribution >= 0.6 is 11.8 Å². The predicted octanol–water partition coefficient (Wildman–Crippen LogP) is 2.91. The second-order valence-corrected chi connectivity index (χ2v) is 6.12. The van der Waals surface area contributed by atoms with Crippen LogP contribution in [-0.2, 0) is 0 Å². The molecule has 3 nitrogen and oxygen atoms in total. The minimum atomic E-state index is 0.128. The van der Waals surface area contributed by atoms with E-state index < -0.39 is 0 Å². The van der Waals surface area contributed by atoms with E-state index in [2.05, 4.69) is 47.3 Å². The SMILES string of the molecule is OCCN1NC=CC2=CC=CC3=C4SC=CC=C4CC3=C21. The highest BCUT2D eigenvalue weighted by Crippen LogP contribution is 2.48. The molecule has 0 aromatic carbocycles. The molecular formula is C17H16N2OS. The number of aliphatic hydroxyl groups excluding tert-OH is 1. The Hall–Kier alpha value is -1.91. The molecule has 2 heterocycles. The predicted molar refractivity (Wildman–Crippen MR) is 86.8 cm³/mol. The molecule has 0 aromatic heterocycles. The molecule has 4 aliphatic rings. The Bertz CT molecular complexity index is 704. The van der Waals surface area contributed by atoms with E-state index in [0.717, 1.165) is 6.42 Å². The number of thioether (sulfide) groups is 1. The lowest BCUT2D eigenvalue weighted by atomic mass is 10.0. The molecule has 2 aliphatic heterocycles. The van der Waals surface area contributed by atoms with Gasteiger partial charge in [0.05, 0.1) is 18.8 Å². The van der Waals surface area contributed by atoms with Gasteiger partial charge in [0.2, 0.25) is 0 Å². The maximum atomic E-state index is 9.32. The molecule has 0 amide bonds. The van der Waals surface area contributed by atoms with Crippen molar-refractivity contribution in [3.8, 4) is 0 Å². The Labute approximate surface area is 128 Å². The zero-order valence-corrected chi connectivity index (χ0v) is 12.4. The molecule has 0 fully saturated rings. The zero-order valence-electron chi connectivity index (χ0n) is 11.5. The number of hydrogen-bond donors (Lipinski definition) is 2. The molecule has 0 bridgehead atoms. The summed E-state index contributed by atoms with van der Waals surface area (Å²) in [5.74, 6) is 0. The second kappa shape index (κ2) is 5.13. The largest absolute Gasteiger partial charge is 0.394 e. The Morgan fingerprint density at radius 2 is 2.19 bits per heavy atom. The van der Waals surface area contributed by atoms with Crippen molar-refractivity contribution < 1.29 is 5.11 Å². The Morgan fingerprint density at radius 3 is 3.10 bits per heavy atom. The lowest BCUT2D eigenvalue weighted by Crippen LogP contribution is -2.39. The minimum absolute atomic E-state index is 0.128. The van der Waals surface area contributed by atoms with Crippen molar-refractivity contribution in [2.75, 3.05) is 13.2 Å². The number of allylic oxidation sites excluding steroid dienone is 9. The molecule has 4 heteroatoms. The molecule has 2 N–H and O–H groups in total. The molecule has 0 saturated heterocycles. The van der Waals surface area contributed by atoms with E-state index in [1.54, 1.807) is 11.8 Å². The quantitative estimate of drug-likeness (QED) is 0.821. The van der Waals surface area contributed by atoms with Crippen LogP contribution in [0.3, 0.4) is 0 Å². The van der Waals surface area contributed by atoms with Crippen LogP contribution in [0.1, 0.15) is 6.42 Å². The average molecular weight is 296 g/mol. The number of rotatable bonds is 2. The van der Waals surface area contributed by atoms with Crippen molar-refractivity contribution in [2.24, 2.45) is 0 Å². The number of nitrogens with zero attached hydrogens (tertiary/aromatic N) is 1. The fourth-order valence-electron chi connectivity index (χ4n) is 3.11. The minimum Gasteiger partial charge on any atom is -0.394 e. The van der Waals surface area contributed by atoms with Gasteiger partial charge in [-0.25, -0.2) is 0 Å². The van der Waals surface area contributed by atoms with Crippen LogP contribution in [0, 0.1) is 0 Å². The van der Waals surface area contributed by atoms with Crippen LogP contribution in [0.5, 0.6) is 0 Å². The number of fused-ring (bicyclic) bond motifs is 3. The van der Waals surface area contributed by atoms with Gasteiger partial charge in [0.1, 0.15) is 0 Å². The monoisotopic (exact) mass is 296 g/mol. The van der Waals surface area contributed by atoms with Gasteiger partial charge in [-0.2, -0.15) is 0 Å². The molecule has 2 aliphatic carbocycles. The Balaban J connectivity index is 1.89. The first-order valence-electron chi connectivity index (χ1n) is 7.09. The zero-order chi connectivity index (χ0) is 14.2. The van der Waals surface area contributed by atoms with Crippen molar-refractivity contribution in [1.82, 2.24) is 10.4 Å². The van der Waals surface area contributed by atoms with Crippen LogP contribution in [-0.4, -0.2) is 23.3 Å². The Morgan fingerprint density at radius 1 is 1.24 bits per heavy atom. The topological polar surface area (TPSA) is 35.5 Å². The first-order chi connectivity index (χ1) is 10.4. The molecule has 0 aromatic rings. The molecule has 21 heavy (non-hydrogen) atoms. The number of nitrogens with one attached hydrogen (secondary N) is 1. The fourth-order valence-corrected chi connectivity index (χ4v) is 4.02. The van der Waals surface area contributed by atoms with Crippen LogP contribution < -0.4 is 5.43 Å². The molecule has 4 rings (SSSR count). The van der Waals surface area contributed by atoms with Crippen LogP contribution in [0.15, 0.2) is 81.0 Å². The van der Waals surface area contributed by atoms with Gasteiger partial charge in [0.15, 0.2) is 0 Å². The fraction of sp³-hybridized carbons (Fsp3) is 0.176. The summed E-state index contributed by atoms with van der Waals surface area (Å²) in [5, 5.41) is 13.5. The van der Waals surface area contributed by atoms with Gasteiger partial charge in [0, 0.05) is 23.1 Å². The van der Waals surface area contributed by atoms with Gasteiger partial charge in [-0.05, 0) is 28.2 Å². The molecular weight excluding hydrogens is 280 g/mol. The van der Waals surface area contributed by atoms with E-state index in [1.165, 1.54) is 32.9 Å². The van der Waals surface area contributed by atoms with Crippen LogP contribution in [0.4, 0.5) is 0 Å². The summed E-state index contributed by atoms with van der Waals surface area (Å²) in [7, 11) is 0. The van der Waals surface area contributed by atoms with Crippen molar-refractivity contribution in [3.63, 3.8) is 0 Å². The van der Waals surface area contributed by atoms with Gasteiger partial charge in [-0.1, -0.05) is 42.1 Å². The third-order valence-corrected chi connectivity index (χ3v) is 4.99. The number of hydrogen-bond acceptors (Lipinski definition) is 4. The molecule has 106 valence electrons. The molecule has 0 unspecified atom stereocenters. The summed E-state index contributed by atoms with van der Waals surface area (Å²) >= 11 is 1.80. The molecule has 0 atom stereocenters. The number of hydrazine groups is 1. The van der Waals surface area contributed by atoms with E-state index in [-0.39, 0.29) is 6.61 Å². The maximum Gasteiger partial charge on any atom is 0.0687 e. The van der Waals surface area contributed by atoms with E-state index in [4.69, 9.17) is 0 Å². The highest BCUT2D eigenvalue weighted by Gasteiger charge is 2.30. The van der Waals surface area contributed by atoms with E-state index in [0.29, 0.717) is 6.54 Å². The summed E-state index contributed by atoms with van der Waals surface area (Å²) in [6.45, 7) is 0.705. The number of aliphatic hydroxyl groups is 1. The average Bonchev–Trinajstić information content (AvgIpc) is 2.76. The Kier molecular flexibility index (Phi) is 3.13. The van der Waals surface area contributed by atoms with Crippen LogP contribution in [0.25, 0.3) is 0 Å².